The van der Waals surface area contributed by atoms with Crippen molar-refractivity contribution >= 4 is 19.6 Å². The summed E-state index contributed by atoms with van der Waals surface area (Å²) in [6.45, 7) is 0. The molecule has 0 atom stereocenters. The quantitative estimate of drug-likeness (QED) is 0.484. The second-order valence-corrected chi connectivity index (χ2v) is 5.49. The molecule has 0 aliphatic heterocycles. The first-order valence-corrected chi connectivity index (χ1v) is 7.10. The lowest BCUT2D eigenvalue weighted by Crippen LogP contribution is -2.06. The van der Waals surface area contributed by atoms with Crippen molar-refractivity contribution in [3.8, 4) is 0 Å². The molecule has 0 unspecified atom stereocenters. The van der Waals surface area contributed by atoms with Gasteiger partial charge in [0.1, 0.15) is 0 Å². The Labute approximate surface area is 105 Å². The van der Waals surface area contributed by atoms with Crippen LogP contribution in [0.5, 0.6) is 0 Å². The van der Waals surface area contributed by atoms with Gasteiger partial charge >= 0.3 is 13.6 Å². The summed E-state index contributed by atoms with van der Waals surface area (Å²) >= 11 is 0. The van der Waals surface area contributed by atoms with Crippen molar-refractivity contribution < 1.29 is 23.9 Å². The Kier molecular flexibility index (Phi) is 5.28. The summed E-state index contributed by atoms with van der Waals surface area (Å²) in [5, 5.41) is 0. The lowest BCUT2D eigenvalue weighted by atomic mass is 10.1. The van der Waals surface area contributed by atoms with E-state index < -0.39 is 13.6 Å². The van der Waals surface area contributed by atoms with Crippen LogP contribution in [-0.2, 0) is 14.1 Å². The van der Waals surface area contributed by atoms with Gasteiger partial charge in [0.15, 0.2) is 0 Å². The Morgan fingerprint density at radius 2 is 1.94 bits per heavy atom. The van der Waals surface area contributed by atoms with Gasteiger partial charge in [0.2, 0.25) is 0 Å². The molecule has 6 heteroatoms. The van der Waals surface area contributed by atoms with Gasteiger partial charge in [0.25, 0.3) is 0 Å². The number of ether oxygens (including phenoxy) is 1. The van der Waals surface area contributed by atoms with E-state index in [1.807, 2.05) is 18.2 Å². The first-order chi connectivity index (χ1) is 8.42. The minimum atomic E-state index is -4.12. The summed E-state index contributed by atoms with van der Waals surface area (Å²) < 4.78 is 15.4. The molecular weight excluding hydrogens is 255 g/mol. The molecule has 1 rings (SSSR count). The van der Waals surface area contributed by atoms with Crippen LogP contribution in [0.4, 0.5) is 0 Å². The van der Waals surface area contributed by atoms with Crippen LogP contribution in [0.3, 0.4) is 0 Å². The zero-order valence-corrected chi connectivity index (χ0v) is 10.8. The first-order valence-electron chi connectivity index (χ1n) is 5.31. The van der Waals surface area contributed by atoms with Crippen molar-refractivity contribution in [2.24, 2.45) is 0 Å². The van der Waals surface area contributed by atoms with E-state index in [1.54, 1.807) is 18.2 Å². The van der Waals surface area contributed by atoms with E-state index in [-0.39, 0.29) is 18.2 Å². The molecule has 0 amide bonds. The van der Waals surface area contributed by atoms with Crippen LogP contribution in [0, 0.1) is 0 Å². The van der Waals surface area contributed by atoms with Crippen LogP contribution < -0.4 is 0 Å². The highest BCUT2D eigenvalue weighted by Gasteiger charge is 2.17. The number of benzene rings is 1. The van der Waals surface area contributed by atoms with E-state index in [0.717, 1.165) is 5.56 Å². The summed E-state index contributed by atoms with van der Waals surface area (Å²) in [5.41, 5.74) is 1.02. The van der Waals surface area contributed by atoms with Crippen LogP contribution >= 0.6 is 7.60 Å². The molecule has 1 aromatic carbocycles. The van der Waals surface area contributed by atoms with Crippen molar-refractivity contribution in [1.29, 1.82) is 0 Å². The summed E-state index contributed by atoms with van der Waals surface area (Å²) in [6.07, 6.45) is 1.17. The number of esters is 1. The molecule has 0 aliphatic carbocycles. The number of methoxy groups -OCH3 is 1. The lowest BCUT2D eigenvalue weighted by molar-refractivity contribution is -0.136. The van der Waals surface area contributed by atoms with Crippen LogP contribution in [0.1, 0.15) is 12.0 Å². The smallest absolute Gasteiger partial charge is 0.333 e. The van der Waals surface area contributed by atoms with Gasteiger partial charge in [-0.05, 0) is 18.1 Å². The van der Waals surface area contributed by atoms with Crippen molar-refractivity contribution in [3.05, 3.63) is 41.5 Å². The van der Waals surface area contributed by atoms with Crippen LogP contribution in [0.2, 0.25) is 0 Å². The van der Waals surface area contributed by atoms with Gasteiger partial charge in [-0.1, -0.05) is 30.3 Å². The van der Waals surface area contributed by atoms with Gasteiger partial charge in [-0.2, -0.15) is 0 Å². The molecule has 18 heavy (non-hydrogen) atoms. The van der Waals surface area contributed by atoms with Gasteiger partial charge < -0.3 is 14.5 Å². The van der Waals surface area contributed by atoms with Crippen LogP contribution in [0.25, 0.3) is 6.08 Å². The molecular formula is C12H15O5P. The Balaban J connectivity index is 2.89. The normalized spacial score (nSPS) is 12.3. The molecule has 0 fully saturated rings. The molecule has 0 bridgehead atoms. The maximum Gasteiger partial charge on any atom is 0.333 e. The van der Waals surface area contributed by atoms with Gasteiger partial charge in [-0.15, -0.1) is 0 Å². The third-order valence-electron chi connectivity index (χ3n) is 2.26. The average molecular weight is 270 g/mol. The van der Waals surface area contributed by atoms with Crippen molar-refractivity contribution in [2.75, 3.05) is 13.3 Å². The molecule has 0 saturated heterocycles. The molecule has 98 valence electrons. The molecule has 2 N–H and O–H groups in total. The largest absolute Gasteiger partial charge is 0.466 e. The minimum absolute atomic E-state index is 0.0220. The fourth-order valence-electron chi connectivity index (χ4n) is 1.38. The molecule has 0 aliphatic rings. The molecule has 0 radical (unpaired) electrons. The number of carbonyl (C=O) groups excluding carboxylic acids is 1. The summed E-state index contributed by atoms with van der Waals surface area (Å²) in [4.78, 5) is 29.1. The average Bonchev–Trinajstić information content (AvgIpc) is 2.33. The highest BCUT2D eigenvalue weighted by molar-refractivity contribution is 7.51. The fourth-order valence-corrected chi connectivity index (χ4v) is 1.91. The molecule has 0 aromatic heterocycles. The first kappa shape index (κ1) is 14.6. The number of hydrogen-bond acceptors (Lipinski definition) is 3. The SMILES string of the molecule is COC(=O)/C(=C/c1ccccc1)CCP(=O)(O)O. The third kappa shape index (κ3) is 5.27. The van der Waals surface area contributed by atoms with E-state index >= 15 is 0 Å². The summed E-state index contributed by atoms with van der Waals surface area (Å²) in [6, 6.07) is 9.04. The predicted molar refractivity (Wildman–Crippen MR) is 68.0 cm³/mol. The third-order valence-corrected chi connectivity index (χ3v) is 3.07. The molecule has 1 aromatic rings. The maximum atomic E-state index is 11.5. The van der Waals surface area contributed by atoms with E-state index in [1.165, 1.54) is 7.11 Å². The highest BCUT2D eigenvalue weighted by Crippen LogP contribution is 2.36. The molecule has 0 saturated carbocycles. The Hall–Kier alpha value is -1.42. The van der Waals surface area contributed by atoms with E-state index in [2.05, 4.69) is 4.74 Å². The van der Waals surface area contributed by atoms with Crippen molar-refractivity contribution in [2.45, 2.75) is 6.42 Å². The topological polar surface area (TPSA) is 83.8 Å². The van der Waals surface area contributed by atoms with Crippen LogP contribution in [-0.4, -0.2) is 29.0 Å². The van der Waals surface area contributed by atoms with Crippen molar-refractivity contribution in [3.63, 3.8) is 0 Å². The zero-order valence-electron chi connectivity index (χ0n) is 9.94. The maximum absolute atomic E-state index is 11.5. The zero-order chi connectivity index (χ0) is 13.6. The molecule has 5 nitrogen and oxygen atoms in total. The highest BCUT2D eigenvalue weighted by atomic mass is 31.2. The second-order valence-electron chi connectivity index (χ2n) is 3.71. The Bertz CT molecular complexity index is 475. The number of hydrogen-bond donors (Lipinski definition) is 2. The summed E-state index contributed by atoms with van der Waals surface area (Å²) in [7, 11) is -2.89. The lowest BCUT2D eigenvalue weighted by Gasteiger charge is -2.07. The number of rotatable bonds is 5. The second kappa shape index (κ2) is 6.50. The van der Waals surface area contributed by atoms with Crippen LogP contribution in [0.15, 0.2) is 35.9 Å². The Morgan fingerprint density at radius 3 is 2.44 bits per heavy atom. The van der Waals surface area contributed by atoms with E-state index in [4.69, 9.17) is 9.79 Å². The van der Waals surface area contributed by atoms with Gasteiger partial charge in [-0.25, -0.2) is 4.79 Å². The minimum Gasteiger partial charge on any atom is -0.466 e. The van der Waals surface area contributed by atoms with E-state index in [9.17, 15) is 9.36 Å². The van der Waals surface area contributed by atoms with Gasteiger partial charge in [-0.3, -0.25) is 4.57 Å². The predicted octanol–water partition coefficient (Wildman–Crippen LogP) is 1.81. The molecule has 0 heterocycles. The number of carbonyl (C=O) groups is 1. The Morgan fingerprint density at radius 1 is 1.33 bits per heavy atom. The van der Waals surface area contributed by atoms with Crippen molar-refractivity contribution in [1.82, 2.24) is 0 Å². The standard InChI is InChI=1S/C12H15O5P/c1-17-12(13)11(7-8-18(14,15)16)9-10-5-3-2-4-6-10/h2-6,9H,7-8H2,1H3,(H2,14,15,16)/b11-9+. The monoisotopic (exact) mass is 270 g/mol. The molecule has 0 spiro atoms. The van der Waals surface area contributed by atoms with E-state index in [0.29, 0.717) is 0 Å². The summed E-state index contributed by atoms with van der Waals surface area (Å²) in [5.74, 6) is -0.577. The fraction of sp³-hybridized carbons (Fsp3) is 0.250. The van der Waals surface area contributed by atoms with Gasteiger partial charge in [0, 0.05) is 5.57 Å². The van der Waals surface area contributed by atoms with Gasteiger partial charge in [0.05, 0.1) is 13.3 Å².